The lowest BCUT2D eigenvalue weighted by Crippen LogP contribution is -2.24. The van der Waals surface area contributed by atoms with Gasteiger partial charge in [0.2, 0.25) is 0 Å². The molecule has 7 aromatic rings. The second kappa shape index (κ2) is 13.9. The zero-order valence-electron chi connectivity index (χ0n) is 29.8. The summed E-state index contributed by atoms with van der Waals surface area (Å²) in [5.74, 6) is 0. The first-order valence-corrected chi connectivity index (χ1v) is 18.5. The lowest BCUT2D eigenvalue weighted by molar-refractivity contribution is 0.721. The molecular formula is C47H40N4S. The molecule has 2 aromatic heterocycles. The van der Waals surface area contributed by atoms with Gasteiger partial charge in [0, 0.05) is 44.5 Å². The average Bonchev–Trinajstić information content (AvgIpc) is 3.52. The molecule has 1 atom stereocenters. The van der Waals surface area contributed by atoms with Gasteiger partial charge in [0.1, 0.15) is 0 Å². The molecule has 0 spiro atoms. The minimum atomic E-state index is 0.296. The molecule has 3 N–H and O–H groups in total. The van der Waals surface area contributed by atoms with Crippen LogP contribution in [0.2, 0.25) is 0 Å². The van der Waals surface area contributed by atoms with Crippen molar-refractivity contribution >= 4 is 44.1 Å². The molecule has 4 nitrogen and oxygen atoms in total. The van der Waals surface area contributed by atoms with E-state index in [2.05, 4.69) is 145 Å². The summed E-state index contributed by atoms with van der Waals surface area (Å²) in [6.45, 7) is 8.39. The van der Waals surface area contributed by atoms with Crippen LogP contribution in [0.5, 0.6) is 0 Å². The predicted octanol–water partition coefficient (Wildman–Crippen LogP) is 12.4. The summed E-state index contributed by atoms with van der Waals surface area (Å²) in [6, 6.07) is 47.5. The number of fused-ring (bicyclic) bond motifs is 1. The summed E-state index contributed by atoms with van der Waals surface area (Å²) in [7, 11) is 0. The fourth-order valence-electron chi connectivity index (χ4n) is 7.14. The van der Waals surface area contributed by atoms with Crippen molar-refractivity contribution in [3.05, 3.63) is 179 Å². The van der Waals surface area contributed by atoms with Gasteiger partial charge in [-0.3, -0.25) is 10.4 Å². The van der Waals surface area contributed by atoms with Crippen LogP contribution in [0.15, 0.2) is 151 Å². The first kappa shape index (κ1) is 33.1. The third-order valence-electron chi connectivity index (χ3n) is 9.53. The first-order chi connectivity index (χ1) is 25.3. The SMILES string of the molecule is CC1=CC(c2ccc(-c3cc(Nc4c(C(=N)c5ccccc5)sc5ccccc45)cc(-c4ccc(-c5cc(C)nc(C)c5)cc4)c3)cc2)=CC(C)N1. The van der Waals surface area contributed by atoms with E-state index < -0.39 is 0 Å². The Bertz CT molecular complexity index is 2480. The summed E-state index contributed by atoms with van der Waals surface area (Å²) in [4.78, 5) is 5.49. The number of rotatable bonds is 8. The molecule has 0 aliphatic carbocycles. The number of aromatic nitrogens is 1. The Morgan fingerprint density at radius 3 is 1.83 bits per heavy atom. The molecule has 8 rings (SSSR count). The van der Waals surface area contributed by atoms with Crippen LogP contribution in [0.3, 0.4) is 0 Å². The van der Waals surface area contributed by atoms with Crippen LogP contribution in [0.1, 0.15) is 41.2 Å². The molecule has 5 aromatic carbocycles. The Balaban J connectivity index is 1.22. The van der Waals surface area contributed by atoms with Crippen molar-refractivity contribution in [1.82, 2.24) is 10.3 Å². The smallest absolute Gasteiger partial charge is 0.0805 e. The van der Waals surface area contributed by atoms with Crippen molar-refractivity contribution < 1.29 is 0 Å². The highest BCUT2D eigenvalue weighted by atomic mass is 32.1. The van der Waals surface area contributed by atoms with Crippen molar-refractivity contribution in [3.8, 4) is 33.4 Å². The van der Waals surface area contributed by atoms with Crippen molar-refractivity contribution in [2.24, 2.45) is 0 Å². The maximum Gasteiger partial charge on any atom is 0.0805 e. The van der Waals surface area contributed by atoms with Gasteiger partial charge in [-0.1, -0.05) is 103 Å². The highest BCUT2D eigenvalue weighted by Gasteiger charge is 2.19. The molecule has 0 fully saturated rings. The summed E-state index contributed by atoms with van der Waals surface area (Å²) < 4.78 is 1.15. The van der Waals surface area contributed by atoms with E-state index in [0.29, 0.717) is 11.8 Å². The predicted molar refractivity (Wildman–Crippen MR) is 222 cm³/mol. The second-order valence-electron chi connectivity index (χ2n) is 13.6. The third-order valence-corrected chi connectivity index (χ3v) is 10.7. The lowest BCUT2D eigenvalue weighted by atomic mass is 9.94. The number of nitrogens with one attached hydrogen (secondary N) is 3. The summed E-state index contributed by atoms with van der Waals surface area (Å²) in [5.41, 5.74) is 15.9. The Kier molecular flexibility index (Phi) is 8.88. The maximum atomic E-state index is 9.26. The number of benzene rings is 5. The van der Waals surface area contributed by atoms with Gasteiger partial charge in [-0.05, 0) is 115 Å². The average molecular weight is 693 g/mol. The van der Waals surface area contributed by atoms with Gasteiger partial charge >= 0.3 is 0 Å². The minimum absolute atomic E-state index is 0.296. The van der Waals surface area contributed by atoms with E-state index in [-0.39, 0.29) is 0 Å². The Labute approximate surface area is 309 Å². The van der Waals surface area contributed by atoms with Crippen LogP contribution >= 0.6 is 11.3 Å². The fraction of sp³-hybridized carbons (Fsp3) is 0.106. The van der Waals surface area contributed by atoms with Crippen LogP contribution in [-0.4, -0.2) is 16.7 Å². The minimum Gasteiger partial charge on any atom is -0.383 e. The van der Waals surface area contributed by atoms with E-state index in [1.54, 1.807) is 11.3 Å². The molecule has 0 radical (unpaired) electrons. The number of dihydropyridines is 1. The van der Waals surface area contributed by atoms with Crippen molar-refractivity contribution in [3.63, 3.8) is 0 Å². The van der Waals surface area contributed by atoms with E-state index in [9.17, 15) is 5.41 Å². The zero-order valence-corrected chi connectivity index (χ0v) is 30.6. The van der Waals surface area contributed by atoms with Crippen molar-refractivity contribution in [2.75, 3.05) is 5.32 Å². The number of pyridine rings is 1. The molecule has 52 heavy (non-hydrogen) atoms. The molecule has 1 aliphatic heterocycles. The van der Waals surface area contributed by atoms with E-state index in [4.69, 9.17) is 0 Å². The quantitative estimate of drug-likeness (QED) is 0.139. The van der Waals surface area contributed by atoms with Crippen LogP contribution in [0.25, 0.3) is 49.0 Å². The second-order valence-corrected chi connectivity index (χ2v) is 14.7. The number of nitrogens with zero attached hydrogens (tertiary/aromatic N) is 1. The molecule has 1 aliphatic rings. The largest absolute Gasteiger partial charge is 0.383 e. The molecule has 1 unspecified atom stereocenters. The van der Waals surface area contributed by atoms with Crippen LogP contribution in [0, 0.1) is 19.3 Å². The highest BCUT2D eigenvalue weighted by molar-refractivity contribution is 7.21. The van der Waals surface area contributed by atoms with Gasteiger partial charge in [0.25, 0.3) is 0 Å². The third kappa shape index (κ3) is 6.83. The number of thiophene rings is 1. The molecule has 254 valence electrons. The van der Waals surface area contributed by atoms with Crippen LogP contribution in [-0.2, 0) is 0 Å². The summed E-state index contributed by atoms with van der Waals surface area (Å²) in [6.07, 6.45) is 4.49. The molecule has 3 heterocycles. The highest BCUT2D eigenvalue weighted by Crippen LogP contribution is 2.41. The Hall–Kier alpha value is -6.04. The monoisotopic (exact) mass is 692 g/mol. The fourth-order valence-corrected chi connectivity index (χ4v) is 8.27. The van der Waals surface area contributed by atoms with E-state index >= 15 is 0 Å². The molecular weight excluding hydrogens is 653 g/mol. The molecule has 0 bridgehead atoms. The topological polar surface area (TPSA) is 60.8 Å². The first-order valence-electron chi connectivity index (χ1n) is 17.7. The zero-order chi connectivity index (χ0) is 35.8. The summed E-state index contributed by atoms with van der Waals surface area (Å²) in [5, 5.41) is 17.7. The van der Waals surface area contributed by atoms with Crippen molar-refractivity contribution in [2.45, 2.75) is 33.7 Å². The van der Waals surface area contributed by atoms with Gasteiger partial charge in [0.05, 0.1) is 16.3 Å². The maximum absolute atomic E-state index is 9.26. The normalized spacial score (nSPS) is 14.0. The van der Waals surface area contributed by atoms with Crippen LogP contribution < -0.4 is 10.6 Å². The van der Waals surface area contributed by atoms with Gasteiger partial charge in [-0.2, -0.15) is 0 Å². The Morgan fingerprint density at radius 2 is 1.21 bits per heavy atom. The van der Waals surface area contributed by atoms with E-state index in [1.807, 2.05) is 44.2 Å². The van der Waals surface area contributed by atoms with E-state index in [0.717, 1.165) is 65.5 Å². The molecule has 0 saturated carbocycles. The lowest BCUT2D eigenvalue weighted by Gasteiger charge is -2.19. The van der Waals surface area contributed by atoms with Gasteiger partial charge in [-0.25, -0.2) is 0 Å². The summed E-state index contributed by atoms with van der Waals surface area (Å²) >= 11 is 1.66. The standard InChI is InChI=1S/C47H40N4S/c1-29-22-38(23-30(2)49-29)33-14-18-35(19-15-33)40-26-41(36-20-16-34(17-21-36)39-24-31(3)50-32(4)25-39)28-42(27-40)51-46-43-12-8-9-13-44(43)52-47(46)45(48)37-10-6-5-7-11-37/h5-29,48-49,51H,1-4H3. The number of hydrogen-bond acceptors (Lipinski definition) is 5. The molecule has 5 heteroatoms. The number of aryl methyl sites for hydroxylation is 2. The van der Waals surface area contributed by atoms with Crippen LogP contribution in [0.4, 0.5) is 11.4 Å². The number of allylic oxidation sites excluding steroid dienone is 3. The molecule has 0 amide bonds. The number of hydrogen-bond donors (Lipinski definition) is 3. The van der Waals surface area contributed by atoms with Gasteiger partial charge in [-0.15, -0.1) is 11.3 Å². The van der Waals surface area contributed by atoms with Crippen molar-refractivity contribution in [1.29, 1.82) is 5.41 Å². The Morgan fingerprint density at radius 1 is 0.654 bits per heavy atom. The van der Waals surface area contributed by atoms with E-state index in [1.165, 1.54) is 28.0 Å². The van der Waals surface area contributed by atoms with Gasteiger partial charge < -0.3 is 10.6 Å². The molecule has 0 saturated heterocycles. The number of anilines is 2. The van der Waals surface area contributed by atoms with Gasteiger partial charge in [0.15, 0.2) is 0 Å².